The highest BCUT2D eigenvalue weighted by molar-refractivity contribution is 5.77. The van der Waals surface area contributed by atoms with Crippen molar-refractivity contribution in [2.75, 3.05) is 33.7 Å². The van der Waals surface area contributed by atoms with E-state index in [2.05, 4.69) is 17.3 Å². The minimum atomic E-state index is 0.322. The van der Waals surface area contributed by atoms with Crippen molar-refractivity contribution in [2.24, 2.45) is 0 Å². The van der Waals surface area contributed by atoms with Gasteiger partial charge in [-0.15, -0.1) is 0 Å². The zero-order valence-electron chi connectivity index (χ0n) is 11.8. The van der Waals surface area contributed by atoms with Crippen molar-refractivity contribution in [1.29, 1.82) is 0 Å². The van der Waals surface area contributed by atoms with Gasteiger partial charge in [-0.2, -0.15) is 0 Å². The lowest BCUT2D eigenvalue weighted by Crippen LogP contribution is -2.51. The first-order valence-corrected chi connectivity index (χ1v) is 7.35. The molecule has 1 saturated carbocycles. The number of piperazine rings is 1. The number of hydrogen-bond acceptors (Lipinski definition) is 3. The summed E-state index contributed by atoms with van der Waals surface area (Å²) in [5, 5.41) is 3.38. The number of carbonyl (C=O) groups is 1. The maximum Gasteiger partial charge on any atom is 0.224 e. The van der Waals surface area contributed by atoms with Crippen molar-refractivity contribution in [3.63, 3.8) is 0 Å². The van der Waals surface area contributed by atoms with Crippen LogP contribution in [0.15, 0.2) is 0 Å². The standard InChI is InChI=1S/C14H27N3O/c1-16-9-8-15-11-13(16)10-14(18)17(2)12-6-4-3-5-7-12/h12-13,15H,3-11H2,1-2H3. The third-order valence-corrected chi connectivity index (χ3v) is 4.57. The third-order valence-electron chi connectivity index (χ3n) is 4.57. The van der Waals surface area contributed by atoms with Crippen molar-refractivity contribution in [3.8, 4) is 0 Å². The number of likely N-dealkylation sites (N-methyl/N-ethyl adjacent to an activating group) is 1. The van der Waals surface area contributed by atoms with Gasteiger partial charge in [-0.05, 0) is 19.9 Å². The molecule has 1 aliphatic heterocycles. The molecule has 4 heteroatoms. The topological polar surface area (TPSA) is 35.6 Å². The Bertz CT molecular complexity index is 276. The molecule has 2 fully saturated rings. The second-order valence-corrected chi connectivity index (χ2v) is 5.84. The van der Waals surface area contributed by atoms with Crippen molar-refractivity contribution in [1.82, 2.24) is 15.1 Å². The molecule has 0 aromatic heterocycles. The zero-order chi connectivity index (χ0) is 13.0. The van der Waals surface area contributed by atoms with Crippen LogP contribution < -0.4 is 5.32 Å². The first-order chi connectivity index (χ1) is 8.68. The molecule has 0 spiro atoms. The Labute approximate surface area is 111 Å². The van der Waals surface area contributed by atoms with E-state index in [1.54, 1.807) is 0 Å². The summed E-state index contributed by atoms with van der Waals surface area (Å²) >= 11 is 0. The molecule has 0 aromatic rings. The van der Waals surface area contributed by atoms with Crippen LogP contribution in [0.2, 0.25) is 0 Å². The highest BCUT2D eigenvalue weighted by atomic mass is 16.2. The van der Waals surface area contributed by atoms with Gasteiger partial charge in [0.25, 0.3) is 0 Å². The van der Waals surface area contributed by atoms with Gasteiger partial charge >= 0.3 is 0 Å². The van der Waals surface area contributed by atoms with Gasteiger partial charge in [-0.1, -0.05) is 19.3 Å². The molecule has 0 bridgehead atoms. The normalized spacial score (nSPS) is 27.1. The summed E-state index contributed by atoms with van der Waals surface area (Å²) < 4.78 is 0. The fraction of sp³-hybridized carbons (Fsp3) is 0.929. The minimum Gasteiger partial charge on any atom is -0.343 e. The van der Waals surface area contributed by atoms with Crippen LogP contribution in [0.5, 0.6) is 0 Å². The van der Waals surface area contributed by atoms with Gasteiger partial charge < -0.3 is 15.1 Å². The average molecular weight is 253 g/mol. The van der Waals surface area contributed by atoms with Gasteiger partial charge in [-0.25, -0.2) is 0 Å². The molecule has 1 saturated heterocycles. The van der Waals surface area contributed by atoms with E-state index >= 15 is 0 Å². The number of nitrogens with zero attached hydrogens (tertiary/aromatic N) is 2. The molecule has 1 N–H and O–H groups in total. The van der Waals surface area contributed by atoms with E-state index in [0.29, 0.717) is 24.4 Å². The molecule has 2 rings (SSSR count). The van der Waals surface area contributed by atoms with Gasteiger partial charge in [0.05, 0.1) is 0 Å². The van der Waals surface area contributed by atoms with Crippen LogP contribution in [0.1, 0.15) is 38.5 Å². The first-order valence-electron chi connectivity index (χ1n) is 7.35. The zero-order valence-corrected chi connectivity index (χ0v) is 11.8. The number of amides is 1. The summed E-state index contributed by atoms with van der Waals surface area (Å²) in [5.74, 6) is 0.322. The summed E-state index contributed by atoms with van der Waals surface area (Å²) in [4.78, 5) is 16.7. The van der Waals surface area contributed by atoms with Crippen LogP contribution in [0.25, 0.3) is 0 Å². The average Bonchev–Trinajstić information content (AvgIpc) is 2.41. The Morgan fingerprint density at radius 1 is 1.33 bits per heavy atom. The number of nitrogens with one attached hydrogen (secondary N) is 1. The minimum absolute atomic E-state index is 0.322. The lowest BCUT2D eigenvalue weighted by molar-refractivity contribution is -0.133. The molecule has 4 nitrogen and oxygen atoms in total. The number of hydrogen-bond donors (Lipinski definition) is 1. The van der Waals surface area contributed by atoms with Crippen LogP contribution in [0.3, 0.4) is 0 Å². The van der Waals surface area contributed by atoms with Gasteiger partial charge in [0.2, 0.25) is 5.91 Å². The predicted molar refractivity (Wildman–Crippen MR) is 73.5 cm³/mol. The molecule has 1 unspecified atom stereocenters. The summed E-state index contributed by atoms with van der Waals surface area (Å²) in [6.07, 6.45) is 6.96. The quantitative estimate of drug-likeness (QED) is 0.817. The fourth-order valence-corrected chi connectivity index (χ4v) is 3.11. The maximum atomic E-state index is 12.3. The van der Waals surface area contributed by atoms with Gasteiger partial charge in [-0.3, -0.25) is 4.79 Å². The second-order valence-electron chi connectivity index (χ2n) is 5.84. The fourth-order valence-electron chi connectivity index (χ4n) is 3.11. The van der Waals surface area contributed by atoms with Crippen LogP contribution in [-0.2, 0) is 4.79 Å². The number of carbonyl (C=O) groups excluding carboxylic acids is 1. The van der Waals surface area contributed by atoms with Gasteiger partial charge in [0, 0.05) is 45.2 Å². The highest BCUT2D eigenvalue weighted by Gasteiger charge is 2.26. The van der Waals surface area contributed by atoms with E-state index in [0.717, 1.165) is 19.6 Å². The first kappa shape index (κ1) is 13.8. The maximum absolute atomic E-state index is 12.3. The summed E-state index contributed by atoms with van der Waals surface area (Å²) in [6, 6.07) is 0.866. The largest absolute Gasteiger partial charge is 0.343 e. The monoisotopic (exact) mass is 253 g/mol. The molecule has 1 heterocycles. The smallest absolute Gasteiger partial charge is 0.224 e. The molecule has 2 aliphatic rings. The van der Waals surface area contributed by atoms with Crippen LogP contribution in [0, 0.1) is 0 Å². The van der Waals surface area contributed by atoms with Crippen LogP contribution in [0.4, 0.5) is 0 Å². The molecule has 0 radical (unpaired) electrons. The molecular weight excluding hydrogens is 226 g/mol. The van der Waals surface area contributed by atoms with Crippen molar-refractivity contribution in [2.45, 2.75) is 50.6 Å². The lowest BCUT2D eigenvalue weighted by Gasteiger charge is -2.36. The Kier molecular flexibility index (Phi) is 5.01. The Balaban J connectivity index is 1.82. The predicted octanol–water partition coefficient (Wildman–Crippen LogP) is 1.07. The van der Waals surface area contributed by atoms with Crippen molar-refractivity contribution < 1.29 is 4.79 Å². The van der Waals surface area contributed by atoms with E-state index < -0.39 is 0 Å². The Morgan fingerprint density at radius 2 is 2.06 bits per heavy atom. The molecule has 104 valence electrons. The summed E-state index contributed by atoms with van der Waals surface area (Å²) in [6.45, 7) is 3.03. The molecule has 18 heavy (non-hydrogen) atoms. The van der Waals surface area contributed by atoms with Gasteiger partial charge in [0.1, 0.15) is 0 Å². The number of rotatable bonds is 3. The molecule has 1 amide bonds. The van der Waals surface area contributed by atoms with E-state index in [1.807, 2.05) is 11.9 Å². The van der Waals surface area contributed by atoms with Crippen LogP contribution >= 0.6 is 0 Å². The van der Waals surface area contributed by atoms with Gasteiger partial charge in [0.15, 0.2) is 0 Å². The Hall–Kier alpha value is -0.610. The molecule has 1 aliphatic carbocycles. The highest BCUT2D eigenvalue weighted by Crippen LogP contribution is 2.22. The van der Waals surface area contributed by atoms with E-state index in [1.165, 1.54) is 32.1 Å². The SMILES string of the molecule is CN1CCNCC1CC(=O)N(C)C1CCCCC1. The Morgan fingerprint density at radius 3 is 2.72 bits per heavy atom. The molecule has 1 atom stereocenters. The van der Waals surface area contributed by atoms with E-state index in [-0.39, 0.29) is 0 Å². The van der Waals surface area contributed by atoms with E-state index in [9.17, 15) is 4.79 Å². The lowest BCUT2D eigenvalue weighted by atomic mass is 9.94. The molecular formula is C14H27N3O. The third kappa shape index (κ3) is 3.45. The summed E-state index contributed by atoms with van der Waals surface area (Å²) in [7, 11) is 4.12. The second kappa shape index (κ2) is 6.53. The van der Waals surface area contributed by atoms with Crippen LogP contribution in [-0.4, -0.2) is 61.5 Å². The van der Waals surface area contributed by atoms with Crippen molar-refractivity contribution in [3.05, 3.63) is 0 Å². The molecule has 0 aromatic carbocycles. The van der Waals surface area contributed by atoms with Crippen molar-refractivity contribution >= 4 is 5.91 Å². The van der Waals surface area contributed by atoms with E-state index in [4.69, 9.17) is 0 Å². The summed E-state index contributed by atoms with van der Waals surface area (Å²) in [5.41, 5.74) is 0.